The van der Waals surface area contributed by atoms with Crippen molar-refractivity contribution < 1.29 is 9.13 Å². The Morgan fingerprint density at radius 2 is 2.00 bits per heavy atom. The highest BCUT2D eigenvalue weighted by Crippen LogP contribution is 2.41. The second-order valence-electron chi connectivity index (χ2n) is 7.87. The zero-order chi connectivity index (χ0) is 22.9. The Kier molecular flexibility index (Phi) is 5.37. The van der Waals surface area contributed by atoms with Crippen molar-refractivity contribution in [3.8, 4) is 11.4 Å². The normalized spacial score (nSPS) is 14.7. The third kappa shape index (κ3) is 3.86. The lowest BCUT2D eigenvalue weighted by atomic mass is 9.96. The molecule has 0 bridgehead atoms. The van der Waals surface area contributed by atoms with Crippen LogP contribution in [0.2, 0.25) is 0 Å². The number of aromatic nitrogens is 5. The summed E-state index contributed by atoms with van der Waals surface area (Å²) in [4.78, 5) is 13.6. The predicted octanol–water partition coefficient (Wildman–Crippen LogP) is 4.38. The first kappa shape index (κ1) is 20.9. The number of halogens is 1. The van der Waals surface area contributed by atoms with Crippen LogP contribution in [-0.2, 0) is 6.42 Å². The van der Waals surface area contributed by atoms with E-state index in [1.165, 1.54) is 6.07 Å². The number of aryl methyl sites for hydroxylation is 1. The molecule has 5 rings (SSSR count). The molecule has 0 amide bonds. The van der Waals surface area contributed by atoms with E-state index in [1.54, 1.807) is 24.2 Å². The number of anilines is 3. The third-order valence-corrected chi connectivity index (χ3v) is 5.86. The summed E-state index contributed by atoms with van der Waals surface area (Å²) < 4.78 is 21.8. The lowest BCUT2D eigenvalue weighted by Crippen LogP contribution is -2.08. The SMILES string of the molecule is CNc1nc(Nc2ccc(-n3cnc(C)n3)c(OC)c2)nc2c1CCC2c1ccccc1F. The number of benzene rings is 2. The van der Waals surface area contributed by atoms with Crippen molar-refractivity contribution in [1.82, 2.24) is 24.7 Å². The summed E-state index contributed by atoms with van der Waals surface area (Å²) in [7, 11) is 3.44. The maximum absolute atomic E-state index is 14.5. The third-order valence-electron chi connectivity index (χ3n) is 5.86. The molecule has 1 aliphatic rings. The molecule has 2 aromatic carbocycles. The second-order valence-corrected chi connectivity index (χ2v) is 7.87. The largest absolute Gasteiger partial charge is 0.494 e. The van der Waals surface area contributed by atoms with Crippen LogP contribution in [0.4, 0.5) is 21.8 Å². The smallest absolute Gasteiger partial charge is 0.229 e. The van der Waals surface area contributed by atoms with Crippen LogP contribution in [0.15, 0.2) is 48.8 Å². The standard InChI is InChI=1S/C24H24FN7O/c1-14-27-13-32(31-14)20-11-8-15(12-21(20)33-3)28-24-29-22-17(16-6-4-5-7-19(16)25)9-10-18(22)23(26-2)30-24/h4-8,11-13,17H,9-10H2,1-3H3,(H2,26,28,29,30). The van der Waals surface area contributed by atoms with E-state index in [2.05, 4.69) is 25.7 Å². The molecule has 0 saturated heterocycles. The molecule has 0 spiro atoms. The van der Waals surface area contributed by atoms with Crippen LogP contribution >= 0.6 is 0 Å². The van der Waals surface area contributed by atoms with Crippen LogP contribution in [0.1, 0.15) is 35.0 Å². The molecule has 1 atom stereocenters. The molecule has 0 radical (unpaired) electrons. The van der Waals surface area contributed by atoms with Crippen molar-refractivity contribution in [2.75, 3.05) is 24.8 Å². The first-order valence-electron chi connectivity index (χ1n) is 10.7. The van der Waals surface area contributed by atoms with E-state index >= 15 is 0 Å². The van der Waals surface area contributed by atoms with E-state index in [1.807, 2.05) is 44.3 Å². The molecule has 0 saturated carbocycles. The fourth-order valence-electron chi connectivity index (χ4n) is 4.32. The van der Waals surface area contributed by atoms with E-state index < -0.39 is 0 Å². The summed E-state index contributed by atoms with van der Waals surface area (Å²) in [6.07, 6.45) is 3.24. The van der Waals surface area contributed by atoms with Gasteiger partial charge in [0.25, 0.3) is 0 Å². The van der Waals surface area contributed by atoms with E-state index in [4.69, 9.17) is 9.72 Å². The molecule has 4 aromatic rings. The summed E-state index contributed by atoms with van der Waals surface area (Å²) in [5, 5.41) is 10.8. The zero-order valence-corrected chi connectivity index (χ0v) is 18.6. The van der Waals surface area contributed by atoms with Crippen molar-refractivity contribution in [2.45, 2.75) is 25.7 Å². The van der Waals surface area contributed by atoms with E-state index in [-0.39, 0.29) is 11.7 Å². The molecule has 0 fully saturated rings. The number of ether oxygens (including phenoxy) is 1. The molecule has 2 heterocycles. The number of hydrogen-bond acceptors (Lipinski definition) is 7. The highest BCUT2D eigenvalue weighted by atomic mass is 19.1. The van der Waals surface area contributed by atoms with Crippen LogP contribution in [-0.4, -0.2) is 38.9 Å². The maximum atomic E-state index is 14.5. The molecule has 1 aliphatic carbocycles. The van der Waals surface area contributed by atoms with Gasteiger partial charge in [0.05, 0.1) is 12.8 Å². The average Bonchev–Trinajstić information content (AvgIpc) is 3.45. The van der Waals surface area contributed by atoms with Crippen molar-refractivity contribution in [1.29, 1.82) is 0 Å². The predicted molar refractivity (Wildman–Crippen MR) is 124 cm³/mol. The van der Waals surface area contributed by atoms with Gasteiger partial charge in [-0.15, -0.1) is 0 Å². The van der Waals surface area contributed by atoms with Gasteiger partial charge in [-0.1, -0.05) is 18.2 Å². The van der Waals surface area contributed by atoms with Gasteiger partial charge in [-0.2, -0.15) is 10.1 Å². The fourth-order valence-corrected chi connectivity index (χ4v) is 4.32. The molecular weight excluding hydrogens is 421 g/mol. The Hall–Kier alpha value is -4.01. The van der Waals surface area contributed by atoms with Crippen LogP contribution in [0, 0.1) is 12.7 Å². The number of nitrogens with one attached hydrogen (secondary N) is 2. The topological polar surface area (TPSA) is 89.8 Å². The molecule has 168 valence electrons. The van der Waals surface area contributed by atoms with Gasteiger partial charge in [-0.25, -0.2) is 19.0 Å². The van der Waals surface area contributed by atoms with Crippen molar-refractivity contribution in [3.63, 3.8) is 0 Å². The fraction of sp³-hybridized carbons (Fsp3) is 0.250. The van der Waals surface area contributed by atoms with Crippen LogP contribution in [0.5, 0.6) is 5.75 Å². The monoisotopic (exact) mass is 445 g/mol. The van der Waals surface area contributed by atoms with Gasteiger partial charge in [0, 0.05) is 30.3 Å². The number of nitrogens with zero attached hydrogens (tertiary/aromatic N) is 5. The minimum absolute atomic E-state index is 0.107. The summed E-state index contributed by atoms with van der Waals surface area (Å²) in [5.41, 5.74) is 4.08. The van der Waals surface area contributed by atoms with E-state index in [0.29, 0.717) is 23.1 Å². The van der Waals surface area contributed by atoms with Crippen LogP contribution < -0.4 is 15.4 Å². The van der Waals surface area contributed by atoms with Gasteiger partial charge >= 0.3 is 0 Å². The van der Waals surface area contributed by atoms with Gasteiger partial charge in [0.1, 0.15) is 35.2 Å². The van der Waals surface area contributed by atoms with Crippen molar-refractivity contribution >= 4 is 17.5 Å². The lowest BCUT2D eigenvalue weighted by molar-refractivity contribution is 0.412. The minimum atomic E-state index is -0.210. The van der Waals surface area contributed by atoms with E-state index in [0.717, 1.165) is 41.3 Å². The van der Waals surface area contributed by atoms with Crippen LogP contribution in [0.25, 0.3) is 5.69 Å². The van der Waals surface area contributed by atoms with E-state index in [9.17, 15) is 4.39 Å². The maximum Gasteiger partial charge on any atom is 0.229 e. The Morgan fingerprint density at radius 3 is 2.73 bits per heavy atom. The summed E-state index contributed by atoms with van der Waals surface area (Å²) in [6, 6.07) is 12.5. The van der Waals surface area contributed by atoms with Gasteiger partial charge in [-0.05, 0) is 43.5 Å². The average molecular weight is 446 g/mol. The second kappa shape index (κ2) is 8.50. The molecule has 1 unspecified atom stereocenters. The number of rotatable bonds is 6. The summed E-state index contributed by atoms with van der Waals surface area (Å²) in [5.74, 6) is 2.18. The number of hydrogen-bond donors (Lipinski definition) is 2. The van der Waals surface area contributed by atoms with Crippen LogP contribution in [0.3, 0.4) is 0 Å². The van der Waals surface area contributed by atoms with Gasteiger partial charge in [0.15, 0.2) is 0 Å². The quantitative estimate of drug-likeness (QED) is 0.455. The van der Waals surface area contributed by atoms with Gasteiger partial charge in [0.2, 0.25) is 5.95 Å². The minimum Gasteiger partial charge on any atom is -0.494 e. The molecule has 8 nitrogen and oxygen atoms in total. The van der Waals surface area contributed by atoms with Gasteiger partial charge in [-0.3, -0.25) is 0 Å². The first-order valence-corrected chi connectivity index (χ1v) is 10.7. The highest BCUT2D eigenvalue weighted by Gasteiger charge is 2.31. The number of methoxy groups -OCH3 is 1. The lowest BCUT2D eigenvalue weighted by Gasteiger charge is -2.16. The molecule has 0 aliphatic heterocycles. The summed E-state index contributed by atoms with van der Waals surface area (Å²) >= 11 is 0. The Labute approximate surface area is 190 Å². The zero-order valence-electron chi connectivity index (χ0n) is 18.6. The molecule has 2 aromatic heterocycles. The first-order chi connectivity index (χ1) is 16.1. The summed E-state index contributed by atoms with van der Waals surface area (Å²) in [6.45, 7) is 1.83. The van der Waals surface area contributed by atoms with Crippen molar-refractivity contribution in [2.24, 2.45) is 0 Å². The molecule has 33 heavy (non-hydrogen) atoms. The number of fused-ring (bicyclic) bond motifs is 1. The Bertz CT molecular complexity index is 1320. The van der Waals surface area contributed by atoms with Crippen molar-refractivity contribution in [3.05, 3.63) is 77.3 Å². The highest BCUT2D eigenvalue weighted by molar-refractivity contribution is 5.64. The molecule has 2 N–H and O–H groups in total. The Balaban J connectivity index is 1.50. The molecule has 9 heteroatoms. The van der Waals surface area contributed by atoms with Gasteiger partial charge < -0.3 is 15.4 Å². The molecular formula is C24H24FN7O. The Morgan fingerprint density at radius 1 is 1.15 bits per heavy atom.